The Hall–Kier alpha value is -6.67. The highest BCUT2D eigenvalue weighted by atomic mass is 31.2. The molecule has 0 bridgehead atoms. The quantitative estimate of drug-likeness (QED) is 0.169. The van der Waals surface area contributed by atoms with Crippen molar-refractivity contribution in [3.63, 3.8) is 0 Å². The van der Waals surface area contributed by atoms with E-state index in [1.807, 2.05) is 18.2 Å². The summed E-state index contributed by atoms with van der Waals surface area (Å²) < 4.78 is 21.6. The molecule has 1 aliphatic rings. The van der Waals surface area contributed by atoms with Crippen molar-refractivity contribution >= 4 is 62.5 Å². The fourth-order valence-corrected chi connectivity index (χ4v) is 9.58. The lowest BCUT2D eigenvalue weighted by Crippen LogP contribution is -2.11. The van der Waals surface area contributed by atoms with Crippen LogP contribution < -0.4 is 13.6 Å². The fraction of sp³-hybridized carbons (Fsp3) is 0.0196. The van der Waals surface area contributed by atoms with Crippen molar-refractivity contribution in [2.75, 3.05) is 0 Å². The summed E-state index contributed by atoms with van der Waals surface area (Å²) in [5, 5.41) is 11.3. The van der Waals surface area contributed by atoms with Crippen LogP contribution in [0.5, 0.6) is 17.2 Å². The van der Waals surface area contributed by atoms with Gasteiger partial charge in [0.2, 0.25) is 0 Å². The molecule has 0 unspecified atom stereocenters. The molecule has 0 aromatic heterocycles. The molecule has 55 heavy (non-hydrogen) atoms. The van der Waals surface area contributed by atoms with Gasteiger partial charge in [-0.2, -0.15) is 0 Å². The van der Waals surface area contributed by atoms with Gasteiger partial charge in [0.25, 0.3) is 0 Å². The minimum Gasteiger partial charge on any atom is -0.408 e. The van der Waals surface area contributed by atoms with Gasteiger partial charge in [0.05, 0.1) is 0 Å². The number of hydrogen-bond acceptors (Lipinski definition) is 3. The zero-order valence-corrected chi connectivity index (χ0v) is 30.7. The van der Waals surface area contributed by atoms with E-state index in [1.54, 1.807) is 0 Å². The van der Waals surface area contributed by atoms with Crippen LogP contribution in [-0.4, -0.2) is 0 Å². The maximum Gasteiger partial charge on any atom is 0.530 e. The second-order valence-corrected chi connectivity index (χ2v) is 15.1. The van der Waals surface area contributed by atoms with Crippen LogP contribution in [0.1, 0.15) is 11.1 Å². The van der Waals surface area contributed by atoms with Crippen molar-refractivity contribution in [1.82, 2.24) is 0 Å². The molecule has 4 heteroatoms. The Balaban J connectivity index is 1.22. The van der Waals surface area contributed by atoms with Crippen LogP contribution in [0.25, 0.3) is 76.1 Å². The number of hydrogen-bond donors (Lipinski definition) is 0. The molecule has 0 saturated heterocycles. The van der Waals surface area contributed by atoms with Gasteiger partial charge in [-0.3, -0.25) is 0 Å². The Morgan fingerprint density at radius 2 is 0.745 bits per heavy atom. The van der Waals surface area contributed by atoms with Crippen molar-refractivity contribution in [2.24, 2.45) is 0 Å². The van der Waals surface area contributed by atoms with Crippen LogP contribution in [0.2, 0.25) is 0 Å². The van der Waals surface area contributed by atoms with Gasteiger partial charge in [0, 0.05) is 34.1 Å². The highest BCUT2D eigenvalue weighted by Gasteiger charge is 2.32. The second-order valence-electron chi connectivity index (χ2n) is 14.1. The van der Waals surface area contributed by atoms with E-state index in [0.29, 0.717) is 12.2 Å². The maximum absolute atomic E-state index is 7.30. The summed E-state index contributed by atoms with van der Waals surface area (Å²) >= 11 is 0. The average molecular weight is 725 g/mol. The Morgan fingerprint density at radius 3 is 1.25 bits per heavy atom. The SMILES string of the molecule is c1ccc2c(OP3Oc4c(cc5ccccc5c4-c4cccc5ccccc45)Cc4cc5ccccc5c(-c5cccc6ccccc56)c4O3)cccc2c1. The molecule has 11 rings (SSSR count). The zero-order chi connectivity index (χ0) is 36.3. The van der Waals surface area contributed by atoms with Crippen LogP contribution >= 0.6 is 8.60 Å². The molecule has 1 heterocycles. The predicted molar refractivity (Wildman–Crippen MR) is 229 cm³/mol. The number of benzene rings is 10. The van der Waals surface area contributed by atoms with E-state index in [9.17, 15) is 0 Å². The fourth-order valence-electron chi connectivity index (χ4n) is 8.43. The molecule has 10 aromatic rings. The molecule has 3 nitrogen and oxygen atoms in total. The molecular formula is C51H33O3P. The van der Waals surface area contributed by atoms with Gasteiger partial charge in [0.15, 0.2) is 0 Å². The van der Waals surface area contributed by atoms with Gasteiger partial charge in [-0.15, -0.1) is 0 Å². The smallest absolute Gasteiger partial charge is 0.408 e. The van der Waals surface area contributed by atoms with Crippen LogP contribution in [0, 0.1) is 0 Å². The first-order chi connectivity index (χ1) is 27.3. The normalized spacial score (nSPS) is 12.9. The summed E-state index contributed by atoms with van der Waals surface area (Å²) in [6.07, 6.45) is 0.604. The van der Waals surface area contributed by atoms with Crippen LogP contribution in [0.3, 0.4) is 0 Å². The monoisotopic (exact) mass is 724 g/mol. The van der Waals surface area contributed by atoms with Gasteiger partial charge in [-0.05, 0) is 77.8 Å². The first-order valence-corrected chi connectivity index (χ1v) is 19.7. The zero-order valence-electron chi connectivity index (χ0n) is 29.8. The van der Waals surface area contributed by atoms with E-state index in [4.69, 9.17) is 13.6 Å². The van der Waals surface area contributed by atoms with Gasteiger partial charge < -0.3 is 13.6 Å². The van der Waals surface area contributed by atoms with Crippen molar-refractivity contribution in [2.45, 2.75) is 6.42 Å². The Morgan fingerprint density at radius 1 is 0.364 bits per heavy atom. The van der Waals surface area contributed by atoms with E-state index < -0.39 is 8.60 Å². The van der Waals surface area contributed by atoms with Crippen LogP contribution in [-0.2, 0) is 6.42 Å². The third-order valence-electron chi connectivity index (χ3n) is 10.9. The van der Waals surface area contributed by atoms with E-state index >= 15 is 0 Å². The summed E-state index contributed by atoms with van der Waals surface area (Å²) in [6.45, 7) is 0. The van der Waals surface area contributed by atoms with Crippen molar-refractivity contribution < 1.29 is 13.6 Å². The molecule has 0 radical (unpaired) electrons. The molecule has 0 spiro atoms. The molecule has 0 amide bonds. The van der Waals surface area contributed by atoms with Gasteiger partial charge >= 0.3 is 8.60 Å². The van der Waals surface area contributed by atoms with E-state index in [1.165, 1.54) is 21.5 Å². The Kier molecular flexibility index (Phi) is 7.53. The molecule has 0 saturated carbocycles. The summed E-state index contributed by atoms with van der Waals surface area (Å²) in [7, 11) is -2.05. The van der Waals surface area contributed by atoms with Crippen LogP contribution in [0.4, 0.5) is 0 Å². The Labute approximate surface area is 320 Å². The molecule has 260 valence electrons. The lowest BCUT2D eigenvalue weighted by Gasteiger charge is -2.29. The van der Waals surface area contributed by atoms with Crippen LogP contribution in [0.15, 0.2) is 188 Å². The molecule has 0 aliphatic carbocycles. The molecule has 0 atom stereocenters. The summed E-state index contributed by atoms with van der Waals surface area (Å²) in [4.78, 5) is 0. The number of rotatable bonds is 4. The second kappa shape index (κ2) is 13.0. The molecule has 1 aliphatic heterocycles. The average Bonchev–Trinajstić information content (AvgIpc) is 3.23. The highest BCUT2D eigenvalue weighted by molar-refractivity contribution is 7.43. The van der Waals surface area contributed by atoms with E-state index in [2.05, 4.69) is 170 Å². The highest BCUT2D eigenvalue weighted by Crippen LogP contribution is 2.56. The molecule has 0 N–H and O–H groups in total. The predicted octanol–water partition coefficient (Wildman–Crippen LogP) is 14.5. The van der Waals surface area contributed by atoms with E-state index in [-0.39, 0.29) is 0 Å². The lowest BCUT2D eigenvalue weighted by atomic mass is 9.87. The van der Waals surface area contributed by atoms with Gasteiger partial charge in [-0.25, -0.2) is 0 Å². The molecule has 10 aromatic carbocycles. The first-order valence-electron chi connectivity index (χ1n) is 18.6. The first kappa shape index (κ1) is 31.8. The largest absolute Gasteiger partial charge is 0.530 e. The molecular weight excluding hydrogens is 692 g/mol. The summed E-state index contributed by atoms with van der Waals surface area (Å²) in [5.74, 6) is 2.28. The standard InChI is InChI=1S/C51H33O3P/c1-6-22-40-33(14-1)19-11-27-45(40)48-43-25-9-4-17-36(43)30-38-32-39-31-37-18-5-10-26-44(37)49(46-28-12-20-34-15-2-7-23-41(34)46)51(39)54-55(53-50(38)48)52-47-29-13-21-35-16-3-8-24-42(35)47/h1-31H,32H2. The lowest BCUT2D eigenvalue weighted by molar-refractivity contribution is 0.385. The third kappa shape index (κ3) is 5.39. The summed E-state index contributed by atoms with van der Waals surface area (Å²) in [6, 6.07) is 66.5. The van der Waals surface area contributed by atoms with Gasteiger partial charge in [0.1, 0.15) is 17.2 Å². The van der Waals surface area contributed by atoms with Crippen molar-refractivity contribution in [1.29, 1.82) is 0 Å². The maximum atomic E-state index is 7.30. The Bertz CT molecular complexity index is 2950. The third-order valence-corrected chi connectivity index (χ3v) is 11.9. The van der Waals surface area contributed by atoms with E-state index in [0.717, 1.165) is 77.2 Å². The molecule has 0 fully saturated rings. The van der Waals surface area contributed by atoms with Crippen molar-refractivity contribution in [3.8, 4) is 39.5 Å². The topological polar surface area (TPSA) is 27.7 Å². The van der Waals surface area contributed by atoms with Gasteiger partial charge in [-0.1, -0.05) is 170 Å². The number of fused-ring (bicyclic) bond motifs is 7. The summed E-state index contributed by atoms with van der Waals surface area (Å²) in [5.41, 5.74) is 6.48. The van der Waals surface area contributed by atoms with Crippen molar-refractivity contribution in [3.05, 3.63) is 199 Å². The minimum absolute atomic E-state index is 0.604. The minimum atomic E-state index is -2.05.